The van der Waals surface area contributed by atoms with Gasteiger partial charge in [0.1, 0.15) is 5.75 Å². The largest absolute Gasteiger partial charge is 0.497 e. The molecule has 1 aliphatic rings. The van der Waals surface area contributed by atoms with E-state index in [1.54, 1.807) is 19.1 Å². The van der Waals surface area contributed by atoms with Crippen LogP contribution in [0.25, 0.3) is 0 Å². The number of hydrogen-bond donors (Lipinski definition) is 0. The third-order valence-electron chi connectivity index (χ3n) is 7.00. The molecule has 1 fully saturated rings. The molecule has 0 saturated heterocycles. The molecule has 1 saturated carbocycles. The van der Waals surface area contributed by atoms with Gasteiger partial charge in [0.2, 0.25) is 11.8 Å². The van der Waals surface area contributed by atoms with Gasteiger partial charge in [0.05, 0.1) is 26.8 Å². The molecule has 3 rings (SSSR count). The fraction of sp³-hybridized carbons (Fsp3) is 0.586. The highest BCUT2D eigenvalue weighted by Crippen LogP contribution is 2.26. The number of carbonyl (C=O) groups excluding carboxylic acids is 2. The van der Waals surface area contributed by atoms with Crippen LogP contribution < -0.4 is 4.74 Å². The first-order valence-corrected chi connectivity index (χ1v) is 13.1. The number of methoxy groups -OCH3 is 2. The van der Waals surface area contributed by atoms with E-state index >= 15 is 0 Å². The molecule has 2 aromatic rings. The second-order valence-corrected chi connectivity index (χ2v) is 10.7. The summed E-state index contributed by atoms with van der Waals surface area (Å²) >= 11 is 0. The number of hydrogen-bond acceptors (Lipinski definition) is 4. The van der Waals surface area contributed by atoms with Crippen molar-refractivity contribution >= 4 is 11.8 Å². The first kappa shape index (κ1) is 27.8. The predicted molar refractivity (Wildman–Crippen MR) is 142 cm³/mol. The van der Waals surface area contributed by atoms with Gasteiger partial charge in [-0.1, -0.05) is 31.4 Å². The second kappa shape index (κ2) is 12.9. The zero-order valence-electron chi connectivity index (χ0n) is 22.7. The minimum atomic E-state index is -0.400. The Hall–Kier alpha value is -2.80. The Morgan fingerprint density at radius 1 is 1.06 bits per heavy atom. The predicted octanol–water partition coefficient (Wildman–Crippen LogP) is 4.73. The highest BCUT2D eigenvalue weighted by atomic mass is 16.5. The Labute approximate surface area is 216 Å². The van der Waals surface area contributed by atoms with Crippen molar-refractivity contribution in [3.63, 3.8) is 0 Å². The Bertz CT molecular complexity index is 988. The average molecular weight is 498 g/mol. The lowest BCUT2D eigenvalue weighted by atomic mass is 9.88. The van der Waals surface area contributed by atoms with E-state index < -0.39 is 5.54 Å². The van der Waals surface area contributed by atoms with Crippen LogP contribution in [0.15, 0.2) is 42.6 Å². The van der Waals surface area contributed by atoms with Gasteiger partial charge < -0.3 is 23.8 Å². The molecule has 1 heterocycles. The summed E-state index contributed by atoms with van der Waals surface area (Å²) in [6.07, 6.45) is 7.22. The van der Waals surface area contributed by atoms with Gasteiger partial charge in [-0.15, -0.1) is 0 Å². The van der Waals surface area contributed by atoms with Crippen LogP contribution in [0.1, 0.15) is 64.1 Å². The molecule has 2 amide bonds. The molecule has 1 aromatic heterocycles. The summed E-state index contributed by atoms with van der Waals surface area (Å²) in [5.41, 5.74) is 1.77. The molecular formula is C29H43N3O4. The lowest BCUT2D eigenvalue weighted by Crippen LogP contribution is -2.51. The quantitative estimate of drug-likeness (QED) is 0.450. The van der Waals surface area contributed by atoms with E-state index in [0.717, 1.165) is 42.7 Å². The van der Waals surface area contributed by atoms with Crippen LogP contribution in [0.5, 0.6) is 5.75 Å². The fourth-order valence-electron chi connectivity index (χ4n) is 4.90. The van der Waals surface area contributed by atoms with E-state index in [2.05, 4.69) is 16.7 Å². The van der Waals surface area contributed by atoms with Gasteiger partial charge in [-0.25, -0.2) is 0 Å². The SMILES string of the molecule is COCCN(CC(=O)N(Cc1cccn1Cc1cccc(OC)c1)C(C)(C)C)C(=O)C1CCCCC1. The van der Waals surface area contributed by atoms with E-state index in [1.165, 1.54) is 6.42 Å². The molecular weight excluding hydrogens is 454 g/mol. The summed E-state index contributed by atoms with van der Waals surface area (Å²) in [6, 6.07) is 12.1. The fourth-order valence-corrected chi connectivity index (χ4v) is 4.90. The summed E-state index contributed by atoms with van der Waals surface area (Å²) in [5.74, 6) is 0.894. The van der Waals surface area contributed by atoms with Crippen LogP contribution in [0, 0.1) is 5.92 Å². The van der Waals surface area contributed by atoms with Gasteiger partial charge in [-0.2, -0.15) is 0 Å². The van der Waals surface area contributed by atoms with Gasteiger partial charge in [-0.3, -0.25) is 9.59 Å². The minimum Gasteiger partial charge on any atom is -0.497 e. The molecule has 0 N–H and O–H groups in total. The molecule has 0 aliphatic heterocycles. The van der Waals surface area contributed by atoms with Crippen molar-refractivity contribution < 1.29 is 19.1 Å². The summed E-state index contributed by atoms with van der Waals surface area (Å²) in [7, 11) is 3.30. The smallest absolute Gasteiger partial charge is 0.242 e. The van der Waals surface area contributed by atoms with Crippen LogP contribution in [-0.2, 0) is 27.4 Å². The summed E-state index contributed by atoms with van der Waals surface area (Å²) < 4.78 is 12.8. The van der Waals surface area contributed by atoms with Crippen LogP contribution >= 0.6 is 0 Å². The summed E-state index contributed by atoms with van der Waals surface area (Å²) in [5, 5.41) is 0. The van der Waals surface area contributed by atoms with Gasteiger partial charge in [0.15, 0.2) is 0 Å². The number of aromatic nitrogens is 1. The molecule has 0 bridgehead atoms. The third kappa shape index (κ3) is 7.60. The topological polar surface area (TPSA) is 64.0 Å². The van der Waals surface area contributed by atoms with Crippen LogP contribution in [0.3, 0.4) is 0 Å². The van der Waals surface area contributed by atoms with Crippen molar-refractivity contribution in [3.8, 4) is 5.75 Å². The molecule has 36 heavy (non-hydrogen) atoms. The highest BCUT2D eigenvalue weighted by molar-refractivity contribution is 5.86. The first-order valence-electron chi connectivity index (χ1n) is 13.1. The van der Waals surface area contributed by atoms with Crippen molar-refractivity contribution in [2.75, 3.05) is 33.9 Å². The second-order valence-electron chi connectivity index (χ2n) is 10.7. The molecule has 198 valence electrons. The Morgan fingerprint density at radius 2 is 1.81 bits per heavy atom. The maximum Gasteiger partial charge on any atom is 0.242 e. The van der Waals surface area contributed by atoms with Gasteiger partial charge in [0.25, 0.3) is 0 Å². The lowest BCUT2D eigenvalue weighted by Gasteiger charge is -2.38. The maximum absolute atomic E-state index is 13.7. The lowest BCUT2D eigenvalue weighted by molar-refractivity contribution is -0.147. The minimum absolute atomic E-state index is 0.0200. The monoisotopic (exact) mass is 497 g/mol. The van der Waals surface area contributed by atoms with E-state index in [-0.39, 0.29) is 24.3 Å². The molecule has 0 radical (unpaired) electrons. The number of carbonyl (C=O) groups is 2. The van der Waals surface area contributed by atoms with Crippen LogP contribution in [0.2, 0.25) is 0 Å². The maximum atomic E-state index is 13.7. The van der Waals surface area contributed by atoms with Crippen molar-refractivity contribution in [1.82, 2.24) is 14.4 Å². The normalized spacial score (nSPS) is 14.5. The van der Waals surface area contributed by atoms with Gasteiger partial charge >= 0.3 is 0 Å². The molecule has 7 nitrogen and oxygen atoms in total. The Kier molecular flexibility index (Phi) is 9.99. The van der Waals surface area contributed by atoms with E-state index in [1.807, 2.05) is 56.1 Å². The Morgan fingerprint density at radius 3 is 2.47 bits per heavy atom. The molecule has 1 aliphatic carbocycles. The number of ether oxygens (including phenoxy) is 2. The Balaban J connectivity index is 1.76. The molecule has 0 unspecified atom stereocenters. The van der Waals surface area contributed by atoms with E-state index in [9.17, 15) is 9.59 Å². The summed E-state index contributed by atoms with van der Waals surface area (Å²) in [4.78, 5) is 30.6. The molecule has 0 spiro atoms. The van der Waals surface area contributed by atoms with Crippen molar-refractivity contribution in [2.45, 2.75) is 71.5 Å². The highest BCUT2D eigenvalue weighted by Gasteiger charge is 2.32. The van der Waals surface area contributed by atoms with Crippen molar-refractivity contribution in [2.24, 2.45) is 5.92 Å². The number of amides is 2. The van der Waals surface area contributed by atoms with E-state index in [4.69, 9.17) is 9.47 Å². The van der Waals surface area contributed by atoms with E-state index in [0.29, 0.717) is 26.2 Å². The van der Waals surface area contributed by atoms with Crippen molar-refractivity contribution in [3.05, 3.63) is 53.9 Å². The molecule has 7 heteroatoms. The van der Waals surface area contributed by atoms with Crippen LogP contribution in [-0.4, -0.2) is 65.6 Å². The van der Waals surface area contributed by atoms with Gasteiger partial charge in [-0.05, 0) is 63.4 Å². The summed E-state index contributed by atoms with van der Waals surface area (Å²) in [6.45, 7) is 8.22. The average Bonchev–Trinajstić information content (AvgIpc) is 3.30. The number of rotatable bonds is 11. The number of nitrogens with zero attached hydrogens (tertiary/aromatic N) is 3. The zero-order chi connectivity index (χ0) is 26.1. The molecule has 0 atom stereocenters. The third-order valence-corrected chi connectivity index (χ3v) is 7.00. The standard InChI is InChI=1S/C29H43N3O4/c1-29(2,3)32(21-25-14-10-16-30(25)20-23-11-9-15-26(19-23)36-5)27(33)22-31(17-18-35-4)28(34)24-12-7-6-8-13-24/h9-11,14-16,19,24H,6-8,12-13,17-18,20-22H2,1-5H3. The van der Waals surface area contributed by atoms with Gasteiger partial charge in [0, 0.05) is 43.5 Å². The zero-order valence-corrected chi connectivity index (χ0v) is 22.7. The molecule has 1 aromatic carbocycles. The van der Waals surface area contributed by atoms with Crippen molar-refractivity contribution in [1.29, 1.82) is 0 Å². The van der Waals surface area contributed by atoms with Crippen LogP contribution in [0.4, 0.5) is 0 Å². The first-order chi connectivity index (χ1) is 17.2. The number of benzene rings is 1.